The zero-order chi connectivity index (χ0) is 18.7. The summed E-state index contributed by atoms with van der Waals surface area (Å²) in [6.07, 6.45) is 2.14. The minimum absolute atomic E-state index is 0.0613. The number of rotatable bonds is 5. The molecule has 1 N–H and O–H groups in total. The largest absolute Gasteiger partial charge is 0.354 e. The fourth-order valence-corrected chi connectivity index (χ4v) is 3.64. The van der Waals surface area contributed by atoms with Crippen LogP contribution in [0.15, 0.2) is 24.3 Å². The van der Waals surface area contributed by atoms with E-state index in [9.17, 15) is 9.59 Å². The molecule has 1 aromatic carbocycles. The number of hydrogen-bond donors (Lipinski definition) is 1. The molecule has 0 saturated carbocycles. The molecular weight excluding hydrogens is 328 g/mol. The first kappa shape index (κ1) is 18.4. The van der Waals surface area contributed by atoms with Crippen LogP contribution in [-0.2, 0) is 16.1 Å². The molecule has 2 amide bonds. The van der Waals surface area contributed by atoms with Gasteiger partial charge in [0.05, 0.1) is 23.7 Å². The molecule has 1 aromatic heterocycles. The van der Waals surface area contributed by atoms with Gasteiger partial charge in [-0.2, -0.15) is 5.10 Å². The summed E-state index contributed by atoms with van der Waals surface area (Å²) in [4.78, 5) is 26.7. The van der Waals surface area contributed by atoms with E-state index in [0.717, 1.165) is 36.0 Å². The maximum atomic E-state index is 12.7. The zero-order valence-corrected chi connectivity index (χ0v) is 15.9. The van der Waals surface area contributed by atoms with E-state index in [-0.39, 0.29) is 23.8 Å². The molecule has 0 aliphatic carbocycles. The van der Waals surface area contributed by atoms with Crippen LogP contribution in [0, 0.1) is 12.8 Å². The number of nitrogens with zero attached hydrogens (tertiary/aromatic N) is 3. The molecule has 0 spiro atoms. The van der Waals surface area contributed by atoms with Crippen molar-refractivity contribution in [3.8, 4) is 0 Å². The van der Waals surface area contributed by atoms with E-state index in [1.807, 2.05) is 48.6 Å². The summed E-state index contributed by atoms with van der Waals surface area (Å²) < 4.78 is 1.91. The Morgan fingerprint density at radius 1 is 1.31 bits per heavy atom. The van der Waals surface area contributed by atoms with E-state index in [1.54, 1.807) is 0 Å². The fourth-order valence-electron chi connectivity index (χ4n) is 3.64. The SMILES string of the molecule is Cc1nn(CCC(=O)N2CCCC(C(=O)NC(C)C)C2)c2ccccc12. The van der Waals surface area contributed by atoms with Gasteiger partial charge in [-0.25, -0.2) is 0 Å². The van der Waals surface area contributed by atoms with E-state index in [1.165, 1.54) is 0 Å². The highest BCUT2D eigenvalue weighted by Crippen LogP contribution is 2.20. The van der Waals surface area contributed by atoms with Gasteiger partial charge in [0.2, 0.25) is 11.8 Å². The predicted octanol–water partition coefficient (Wildman–Crippen LogP) is 2.50. The first-order valence-corrected chi connectivity index (χ1v) is 9.46. The molecule has 26 heavy (non-hydrogen) atoms. The molecule has 3 rings (SSSR count). The van der Waals surface area contributed by atoms with Gasteiger partial charge in [0.15, 0.2) is 0 Å². The van der Waals surface area contributed by atoms with E-state index in [2.05, 4.69) is 16.5 Å². The average Bonchev–Trinajstić information content (AvgIpc) is 2.95. The lowest BCUT2D eigenvalue weighted by molar-refractivity contribution is -0.136. The van der Waals surface area contributed by atoms with Crippen LogP contribution in [0.25, 0.3) is 10.9 Å². The van der Waals surface area contributed by atoms with Crippen LogP contribution >= 0.6 is 0 Å². The maximum absolute atomic E-state index is 12.7. The molecule has 6 nitrogen and oxygen atoms in total. The number of benzene rings is 1. The molecule has 2 aromatic rings. The highest BCUT2D eigenvalue weighted by atomic mass is 16.2. The van der Waals surface area contributed by atoms with E-state index in [4.69, 9.17) is 0 Å². The average molecular weight is 356 g/mol. The number of aryl methyl sites for hydroxylation is 2. The van der Waals surface area contributed by atoms with Gasteiger partial charge in [0.1, 0.15) is 0 Å². The van der Waals surface area contributed by atoms with Crippen molar-refractivity contribution >= 4 is 22.7 Å². The summed E-state index contributed by atoms with van der Waals surface area (Å²) in [5.74, 6) is 0.0679. The molecule has 1 unspecified atom stereocenters. The van der Waals surface area contributed by atoms with Crippen LogP contribution in [-0.4, -0.2) is 45.6 Å². The molecule has 140 valence electrons. The standard InChI is InChI=1S/C20H28N4O2/c1-14(2)21-20(26)16-7-6-11-23(13-16)19(25)10-12-24-18-9-5-4-8-17(18)15(3)22-24/h4-5,8-9,14,16H,6-7,10-13H2,1-3H3,(H,21,26). The van der Waals surface area contributed by atoms with Crippen molar-refractivity contribution in [1.29, 1.82) is 0 Å². The van der Waals surface area contributed by atoms with Crippen LogP contribution in [0.1, 0.15) is 38.8 Å². The number of hydrogen-bond acceptors (Lipinski definition) is 3. The van der Waals surface area contributed by atoms with Gasteiger partial charge in [0, 0.05) is 30.9 Å². The fraction of sp³-hybridized carbons (Fsp3) is 0.550. The highest BCUT2D eigenvalue weighted by Gasteiger charge is 2.28. The van der Waals surface area contributed by atoms with Crippen LogP contribution in [0.2, 0.25) is 0 Å². The first-order chi connectivity index (χ1) is 12.5. The second-order valence-electron chi connectivity index (χ2n) is 7.42. The zero-order valence-electron chi connectivity index (χ0n) is 15.9. The number of carbonyl (C=O) groups excluding carboxylic acids is 2. The lowest BCUT2D eigenvalue weighted by atomic mass is 9.96. The molecular formula is C20H28N4O2. The topological polar surface area (TPSA) is 67.2 Å². The Morgan fingerprint density at radius 3 is 2.85 bits per heavy atom. The number of likely N-dealkylation sites (tertiary alicyclic amines) is 1. The molecule has 1 saturated heterocycles. The molecule has 1 aliphatic rings. The minimum atomic E-state index is -0.0946. The smallest absolute Gasteiger partial charge is 0.225 e. The van der Waals surface area contributed by atoms with Gasteiger partial charge < -0.3 is 10.2 Å². The Hall–Kier alpha value is -2.37. The summed E-state index contributed by atoms with van der Waals surface area (Å²) >= 11 is 0. The summed E-state index contributed by atoms with van der Waals surface area (Å²) in [6.45, 7) is 7.73. The third-order valence-electron chi connectivity index (χ3n) is 4.96. The number of aromatic nitrogens is 2. The Labute approximate surface area is 154 Å². The number of fused-ring (bicyclic) bond motifs is 1. The van der Waals surface area contributed by atoms with Crippen molar-refractivity contribution in [2.24, 2.45) is 5.92 Å². The van der Waals surface area contributed by atoms with Crippen molar-refractivity contribution in [3.63, 3.8) is 0 Å². The minimum Gasteiger partial charge on any atom is -0.354 e. The highest BCUT2D eigenvalue weighted by molar-refractivity contribution is 5.83. The number of piperidine rings is 1. The first-order valence-electron chi connectivity index (χ1n) is 9.46. The summed E-state index contributed by atoms with van der Waals surface area (Å²) in [5.41, 5.74) is 2.04. The second kappa shape index (κ2) is 7.89. The molecule has 1 aliphatic heterocycles. The molecule has 0 radical (unpaired) electrons. The summed E-state index contributed by atoms with van der Waals surface area (Å²) in [6, 6.07) is 8.21. The van der Waals surface area contributed by atoms with Gasteiger partial charge in [-0.15, -0.1) is 0 Å². The quantitative estimate of drug-likeness (QED) is 0.895. The van der Waals surface area contributed by atoms with Crippen molar-refractivity contribution in [2.75, 3.05) is 13.1 Å². The van der Waals surface area contributed by atoms with Gasteiger partial charge in [-0.05, 0) is 39.7 Å². The van der Waals surface area contributed by atoms with Gasteiger partial charge in [0.25, 0.3) is 0 Å². The van der Waals surface area contributed by atoms with Gasteiger partial charge >= 0.3 is 0 Å². The molecule has 1 fully saturated rings. The van der Waals surface area contributed by atoms with E-state index in [0.29, 0.717) is 19.5 Å². The molecule has 2 heterocycles. The van der Waals surface area contributed by atoms with Crippen molar-refractivity contribution in [3.05, 3.63) is 30.0 Å². The van der Waals surface area contributed by atoms with Crippen molar-refractivity contribution in [2.45, 2.75) is 52.6 Å². The monoisotopic (exact) mass is 356 g/mol. The Kier molecular flexibility index (Phi) is 5.59. The number of para-hydroxylation sites is 1. The maximum Gasteiger partial charge on any atom is 0.225 e. The Morgan fingerprint density at radius 2 is 2.08 bits per heavy atom. The predicted molar refractivity (Wildman–Crippen MR) is 102 cm³/mol. The van der Waals surface area contributed by atoms with Crippen LogP contribution in [0.3, 0.4) is 0 Å². The third kappa shape index (κ3) is 4.06. The van der Waals surface area contributed by atoms with Crippen LogP contribution in [0.4, 0.5) is 0 Å². The Balaban J connectivity index is 1.60. The normalized spacial score (nSPS) is 17.7. The van der Waals surface area contributed by atoms with Crippen LogP contribution in [0.5, 0.6) is 0 Å². The Bertz CT molecular complexity index is 796. The lowest BCUT2D eigenvalue weighted by Crippen LogP contribution is -2.46. The molecule has 1 atom stereocenters. The van der Waals surface area contributed by atoms with E-state index >= 15 is 0 Å². The second-order valence-corrected chi connectivity index (χ2v) is 7.42. The van der Waals surface area contributed by atoms with Crippen molar-refractivity contribution < 1.29 is 9.59 Å². The van der Waals surface area contributed by atoms with Gasteiger partial charge in [-0.1, -0.05) is 18.2 Å². The number of amides is 2. The lowest BCUT2D eigenvalue weighted by Gasteiger charge is -2.32. The van der Waals surface area contributed by atoms with E-state index < -0.39 is 0 Å². The summed E-state index contributed by atoms with van der Waals surface area (Å²) in [7, 11) is 0. The third-order valence-corrected chi connectivity index (χ3v) is 4.96. The summed E-state index contributed by atoms with van der Waals surface area (Å²) in [5, 5.41) is 8.65. The molecule has 0 bridgehead atoms. The van der Waals surface area contributed by atoms with Crippen LogP contribution < -0.4 is 5.32 Å². The molecule has 6 heteroatoms. The van der Waals surface area contributed by atoms with Crippen molar-refractivity contribution in [1.82, 2.24) is 20.0 Å². The van der Waals surface area contributed by atoms with Gasteiger partial charge in [-0.3, -0.25) is 14.3 Å². The number of nitrogens with one attached hydrogen (secondary N) is 1. The number of carbonyl (C=O) groups is 2.